The maximum absolute atomic E-state index is 12.2. The molecule has 0 aliphatic carbocycles. The standard InChI is InChI=1S/C17H20N4O10S3/c1-12(22)19-17-10-14(18-11-33(25,26)27)4-7-16(17)21-20-13-2-5-15(6-3-13)32(23,24)9-8-31-34(28,29)30/h2-7,10,18H,8-9,11H2,1H3,(H,19,22)(H,25,26,27)(H,28,29,30)/b21-20+. The molecule has 0 aromatic heterocycles. The van der Waals surface area contributed by atoms with Crippen molar-refractivity contribution in [3.63, 3.8) is 0 Å². The first kappa shape index (κ1) is 27.3. The van der Waals surface area contributed by atoms with Crippen LogP contribution < -0.4 is 10.6 Å². The normalized spacial score (nSPS) is 12.6. The Bertz CT molecular complexity index is 1390. The molecule has 2 aromatic rings. The minimum Gasteiger partial charge on any atom is -0.370 e. The lowest BCUT2D eigenvalue weighted by atomic mass is 10.2. The van der Waals surface area contributed by atoms with E-state index < -0.39 is 54.5 Å². The van der Waals surface area contributed by atoms with Crippen LogP contribution in [0.15, 0.2) is 57.6 Å². The molecule has 0 unspecified atom stereocenters. The van der Waals surface area contributed by atoms with Crippen LogP contribution in [-0.2, 0) is 39.3 Å². The number of sulfone groups is 1. The van der Waals surface area contributed by atoms with Gasteiger partial charge in [0, 0.05) is 12.6 Å². The molecule has 0 radical (unpaired) electrons. The maximum Gasteiger partial charge on any atom is 0.397 e. The summed E-state index contributed by atoms with van der Waals surface area (Å²) in [6.07, 6.45) is 0. The molecule has 0 aliphatic heterocycles. The molecular weight excluding hydrogens is 516 g/mol. The minimum absolute atomic E-state index is 0.140. The molecule has 186 valence electrons. The molecule has 14 nitrogen and oxygen atoms in total. The minimum atomic E-state index is -4.75. The second-order valence-corrected chi connectivity index (χ2v) is 11.2. The van der Waals surface area contributed by atoms with Gasteiger partial charge >= 0.3 is 10.4 Å². The van der Waals surface area contributed by atoms with Gasteiger partial charge in [0.2, 0.25) is 5.91 Å². The average molecular weight is 537 g/mol. The predicted molar refractivity (Wildman–Crippen MR) is 121 cm³/mol. The lowest BCUT2D eigenvalue weighted by Gasteiger charge is -2.10. The summed E-state index contributed by atoms with van der Waals surface area (Å²) in [4.78, 5) is 11.3. The van der Waals surface area contributed by atoms with Gasteiger partial charge in [-0.05, 0) is 42.5 Å². The van der Waals surface area contributed by atoms with E-state index >= 15 is 0 Å². The molecule has 4 N–H and O–H groups in total. The molecule has 0 spiro atoms. The molecule has 1 amide bonds. The van der Waals surface area contributed by atoms with Crippen LogP contribution in [0.1, 0.15) is 6.92 Å². The number of carbonyl (C=O) groups excluding carboxylic acids is 1. The molecule has 2 rings (SSSR count). The van der Waals surface area contributed by atoms with E-state index in [9.17, 15) is 30.0 Å². The van der Waals surface area contributed by atoms with Crippen molar-refractivity contribution in [3.05, 3.63) is 42.5 Å². The molecule has 0 saturated heterocycles. The number of nitrogens with zero attached hydrogens (tertiary/aromatic N) is 2. The average Bonchev–Trinajstić information content (AvgIpc) is 2.70. The third-order valence-corrected chi connectivity index (χ3v) is 6.49. The van der Waals surface area contributed by atoms with Crippen molar-refractivity contribution in [2.24, 2.45) is 10.2 Å². The van der Waals surface area contributed by atoms with Crippen molar-refractivity contribution >= 4 is 59.0 Å². The number of amides is 1. The van der Waals surface area contributed by atoms with Crippen LogP contribution in [0.4, 0.5) is 22.7 Å². The fourth-order valence-electron chi connectivity index (χ4n) is 2.40. The van der Waals surface area contributed by atoms with E-state index in [0.717, 1.165) is 0 Å². The highest BCUT2D eigenvalue weighted by Crippen LogP contribution is 2.30. The Kier molecular flexibility index (Phi) is 8.81. The number of benzene rings is 2. The van der Waals surface area contributed by atoms with Crippen LogP contribution >= 0.6 is 0 Å². The molecule has 2 aromatic carbocycles. The number of azo groups is 1. The van der Waals surface area contributed by atoms with Crippen LogP contribution in [-0.4, -0.2) is 58.5 Å². The lowest BCUT2D eigenvalue weighted by Crippen LogP contribution is -2.15. The predicted octanol–water partition coefficient (Wildman–Crippen LogP) is 1.91. The number of nitrogens with one attached hydrogen (secondary N) is 2. The Balaban J connectivity index is 2.18. The van der Waals surface area contributed by atoms with Crippen molar-refractivity contribution in [2.45, 2.75) is 11.8 Å². The third-order valence-electron chi connectivity index (χ3n) is 3.82. The smallest absolute Gasteiger partial charge is 0.370 e. The van der Waals surface area contributed by atoms with Crippen molar-refractivity contribution in [1.82, 2.24) is 0 Å². The summed E-state index contributed by atoms with van der Waals surface area (Å²) in [5.74, 6) is -1.87. The highest BCUT2D eigenvalue weighted by atomic mass is 32.3. The van der Waals surface area contributed by atoms with Gasteiger partial charge in [-0.2, -0.15) is 21.9 Å². The first-order valence-corrected chi connectivity index (χ1v) is 13.7. The van der Waals surface area contributed by atoms with Gasteiger partial charge in [-0.25, -0.2) is 12.6 Å². The van der Waals surface area contributed by atoms with Crippen LogP contribution in [0.25, 0.3) is 0 Å². The van der Waals surface area contributed by atoms with Gasteiger partial charge in [0.05, 0.1) is 28.6 Å². The Hall–Kier alpha value is -2.96. The second kappa shape index (κ2) is 11.0. The van der Waals surface area contributed by atoms with Gasteiger partial charge in [0.25, 0.3) is 10.1 Å². The zero-order valence-corrected chi connectivity index (χ0v) is 19.9. The molecule has 0 heterocycles. The second-order valence-electron chi connectivity index (χ2n) is 6.58. The van der Waals surface area contributed by atoms with Gasteiger partial charge in [0.1, 0.15) is 11.6 Å². The van der Waals surface area contributed by atoms with E-state index in [2.05, 4.69) is 25.0 Å². The largest absolute Gasteiger partial charge is 0.397 e. The zero-order chi connectivity index (χ0) is 25.6. The summed E-state index contributed by atoms with van der Waals surface area (Å²) in [6, 6.07) is 9.35. The molecule has 0 atom stereocenters. The first-order valence-electron chi connectivity index (χ1n) is 9.12. The SMILES string of the molecule is CC(=O)Nc1cc(NCS(=O)(=O)O)ccc1/N=N/c1ccc(S(=O)(=O)CCOS(=O)(=O)O)cc1. The summed E-state index contributed by atoms with van der Waals surface area (Å²) < 4.78 is 88.5. The van der Waals surface area contributed by atoms with Gasteiger partial charge in [-0.3, -0.25) is 13.9 Å². The topological polar surface area (TPSA) is 218 Å². The van der Waals surface area contributed by atoms with E-state index in [0.29, 0.717) is 0 Å². The van der Waals surface area contributed by atoms with Gasteiger partial charge in [-0.1, -0.05) is 0 Å². The first-order chi connectivity index (χ1) is 15.6. The number of anilines is 2. The maximum atomic E-state index is 12.2. The molecular formula is C17H20N4O10S3. The molecule has 34 heavy (non-hydrogen) atoms. The van der Waals surface area contributed by atoms with E-state index in [4.69, 9.17) is 9.11 Å². The van der Waals surface area contributed by atoms with Gasteiger partial charge in [0.15, 0.2) is 9.84 Å². The van der Waals surface area contributed by atoms with E-state index in [-0.39, 0.29) is 27.6 Å². The number of rotatable bonds is 11. The van der Waals surface area contributed by atoms with Crippen LogP contribution in [0.2, 0.25) is 0 Å². The number of carbonyl (C=O) groups is 1. The molecule has 0 bridgehead atoms. The van der Waals surface area contributed by atoms with Gasteiger partial charge < -0.3 is 10.6 Å². The fourth-order valence-corrected chi connectivity index (χ4v) is 4.23. The fraction of sp³-hybridized carbons (Fsp3) is 0.235. The van der Waals surface area contributed by atoms with Crippen LogP contribution in [0, 0.1) is 0 Å². The molecule has 0 fully saturated rings. The molecule has 17 heteroatoms. The van der Waals surface area contributed by atoms with E-state index in [1.165, 1.54) is 49.4 Å². The highest BCUT2D eigenvalue weighted by molar-refractivity contribution is 7.91. The molecule has 0 saturated carbocycles. The van der Waals surface area contributed by atoms with Crippen molar-refractivity contribution in [3.8, 4) is 0 Å². The summed E-state index contributed by atoms with van der Waals surface area (Å²) in [6.45, 7) is 0.489. The zero-order valence-electron chi connectivity index (χ0n) is 17.4. The van der Waals surface area contributed by atoms with Crippen molar-refractivity contribution < 1.29 is 43.3 Å². The summed E-state index contributed by atoms with van der Waals surface area (Å²) in [7, 11) is -12.9. The van der Waals surface area contributed by atoms with Gasteiger partial charge in [-0.15, -0.1) is 5.11 Å². The van der Waals surface area contributed by atoms with Crippen molar-refractivity contribution in [1.29, 1.82) is 0 Å². The Morgan fingerprint density at radius 3 is 2.18 bits per heavy atom. The lowest BCUT2D eigenvalue weighted by molar-refractivity contribution is -0.114. The van der Waals surface area contributed by atoms with Crippen molar-refractivity contribution in [2.75, 3.05) is 28.9 Å². The van der Waals surface area contributed by atoms with Crippen LogP contribution in [0.3, 0.4) is 0 Å². The Labute approximate surface area is 195 Å². The molecule has 0 aliphatic rings. The quantitative estimate of drug-likeness (QED) is 0.240. The summed E-state index contributed by atoms with van der Waals surface area (Å²) in [5.41, 5.74) is 0.907. The summed E-state index contributed by atoms with van der Waals surface area (Å²) >= 11 is 0. The third kappa shape index (κ3) is 9.49. The van der Waals surface area contributed by atoms with E-state index in [1.807, 2.05) is 0 Å². The number of hydrogen-bond donors (Lipinski definition) is 4. The Morgan fingerprint density at radius 2 is 1.62 bits per heavy atom. The summed E-state index contributed by atoms with van der Waals surface area (Å²) in [5, 5.41) is 12.9. The monoisotopic (exact) mass is 536 g/mol. The van der Waals surface area contributed by atoms with E-state index in [1.54, 1.807) is 0 Å². The highest BCUT2D eigenvalue weighted by Gasteiger charge is 2.16. The number of hydrogen-bond acceptors (Lipinski definition) is 11. The Morgan fingerprint density at radius 1 is 0.971 bits per heavy atom. The van der Waals surface area contributed by atoms with Crippen LogP contribution in [0.5, 0.6) is 0 Å².